The molecule has 0 aromatic heterocycles. The lowest BCUT2D eigenvalue weighted by atomic mass is 9.97. The molecule has 6 heteroatoms. The van der Waals surface area contributed by atoms with Crippen molar-refractivity contribution in [3.63, 3.8) is 0 Å². The van der Waals surface area contributed by atoms with Crippen LogP contribution in [0.1, 0.15) is 12.8 Å². The van der Waals surface area contributed by atoms with Gasteiger partial charge in [0.15, 0.2) is 6.61 Å². The second-order valence-corrected chi connectivity index (χ2v) is 5.18. The normalized spacial score (nSPS) is 15.9. The fraction of sp³-hybridized carbons (Fsp3) is 0.429. The van der Waals surface area contributed by atoms with Gasteiger partial charge in [0, 0.05) is 18.1 Å². The monoisotopic (exact) mass is 297 g/mol. The predicted octanol–water partition coefficient (Wildman–Crippen LogP) is 2.04. The van der Waals surface area contributed by atoms with Gasteiger partial charge in [0.1, 0.15) is 5.75 Å². The Labute approximate surface area is 122 Å². The van der Waals surface area contributed by atoms with Gasteiger partial charge in [-0.3, -0.25) is 9.59 Å². The van der Waals surface area contributed by atoms with Gasteiger partial charge >= 0.3 is 5.97 Å². The zero-order chi connectivity index (χ0) is 14.5. The Morgan fingerprint density at radius 2 is 2.05 bits per heavy atom. The second-order valence-electron chi connectivity index (χ2n) is 4.74. The molecular weight excluding hydrogens is 282 g/mol. The van der Waals surface area contributed by atoms with Crippen LogP contribution in [0.5, 0.6) is 5.75 Å². The molecule has 0 aliphatic carbocycles. The van der Waals surface area contributed by atoms with Crippen molar-refractivity contribution in [2.75, 3.05) is 19.7 Å². The molecule has 1 saturated heterocycles. The summed E-state index contributed by atoms with van der Waals surface area (Å²) in [6, 6.07) is 6.86. The summed E-state index contributed by atoms with van der Waals surface area (Å²) in [6.07, 6.45) is 0.997. The molecule has 20 heavy (non-hydrogen) atoms. The van der Waals surface area contributed by atoms with Crippen molar-refractivity contribution in [2.45, 2.75) is 12.8 Å². The molecule has 1 aromatic carbocycles. The number of carbonyl (C=O) groups is 2. The van der Waals surface area contributed by atoms with Crippen LogP contribution in [0.3, 0.4) is 0 Å². The van der Waals surface area contributed by atoms with Crippen LogP contribution < -0.4 is 4.74 Å². The minimum Gasteiger partial charge on any atom is -0.484 e. The molecular formula is C14H16ClNO4. The van der Waals surface area contributed by atoms with Crippen molar-refractivity contribution < 1.29 is 19.4 Å². The van der Waals surface area contributed by atoms with E-state index in [2.05, 4.69) is 0 Å². The Balaban J connectivity index is 1.80. The van der Waals surface area contributed by atoms with Crippen LogP contribution in [0.4, 0.5) is 0 Å². The van der Waals surface area contributed by atoms with E-state index in [4.69, 9.17) is 21.4 Å². The van der Waals surface area contributed by atoms with Gasteiger partial charge in [-0.2, -0.15) is 0 Å². The van der Waals surface area contributed by atoms with E-state index in [-0.39, 0.29) is 18.4 Å². The molecule has 0 spiro atoms. The maximum Gasteiger partial charge on any atom is 0.306 e. The van der Waals surface area contributed by atoms with Crippen LogP contribution in [0.25, 0.3) is 0 Å². The van der Waals surface area contributed by atoms with Crippen molar-refractivity contribution in [1.82, 2.24) is 4.90 Å². The molecule has 0 saturated carbocycles. The fourth-order valence-corrected chi connectivity index (χ4v) is 2.35. The number of nitrogens with zero attached hydrogens (tertiary/aromatic N) is 1. The Morgan fingerprint density at radius 1 is 1.35 bits per heavy atom. The highest BCUT2D eigenvalue weighted by Crippen LogP contribution is 2.19. The topological polar surface area (TPSA) is 66.8 Å². The van der Waals surface area contributed by atoms with Crippen LogP contribution in [-0.4, -0.2) is 41.6 Å². The molecule has 0 bridgehead atoms. The van der Waals surface area contributed by atoms with Gasteiger partial charge in [0.25, 0.3) is 5.91 Å². The number of carboxylic acid groups (broad SMARTS) is 1. The molecule has 0 unspecified atom stereocenters. The number of carboxylic acids is 1. The zero-order valence-electron chi connectivity index (χ0n) is 10.9. The van der Waals surface area contributed by atoms with Crippen LogP contribution in [-0.2, 0) is 9.59 Å². The Bertz CT molecular complexity index is 498. The highest BCUT2D eigenvalue weighted by Gasteiger charge is 2.26. The van der Waals surface area contributed by atoms with E-state index in [1.54, 1.807) is 29.2 Å². The van der Waals surface area contributed by atoms with Crippen molar-refractivity contribution >= 4 is 23.5 Å². The zero-order valence-corrected chi connectivity index (χ0v) is 11.7. The maximum atomic E-state index is 12.0. The molecule has 1 amide bonds. The molecule has 1 heterocycles. The average molecular weight is 298 g/mol. The van der Waals surface area contributed by atoms with Gasteiger partial charge in [-0.25, -0.2) is 0 Å². The van der Waals surface area contributed by atoms with Gasteiger partial charge in [-0.15, -0.1) is 0 Å². The van der Waals surface area contributed by atoms with Gasteiger partial charge in [-0.1, -0.05) is 17.7 Å². The van der Waals surface area contributed by atoms with E-state index in [1.807, 2.05) is 0 Å². The third kappa shape index (κ3) is 3.87. The standard InChI is InChI=1S/C14H16ClNO4/c15-11-2-1-3-12(8-11)20-9-13(17)16-6-4-10(5-7-16)14(18)19/h1-3,8,10H,4-7,9H2,(H,18,19). The molecule has 1 aliphatic rings. The van der Waals surface area contributed by atoms with Gasteiger partial charge in [0.05, 0.1) is 5.92 Å². The average Bonchev–Trinajstić information content (AvgIpc) is 2.45. The van der Waals surface area contributed by atoms with Crippen LogP contribution in [0, 0.1) is 5.92 Å². The summed E-state index contributed by atoms with van der Waals surface area (Å²) in [5.74, 6) is -0.708. The number of likely N-dealkylation sites (tertiary alicyclic amines) is 1. The first-order valence-electron chi connectivity index (χ1n) is 6.45. The van der Waals surface area contributed by atoms with Gasteiger partial charge < -0.3 is 14.7 Å². The van der Waals surface area contributed by atoms with Crippen LogP contribution >= 0.6 is 11.6 Å². The summed E-state index contributed by atoms with van der Waals surface area (Å²) >= 11 is 5.82. The Morgan fingerprint density at radius 3 is 2.65 bits per heavy atom. The van der Waals surface area contributed by atoms with E-state index in [1.165, 1.54) is 0 Å². The number of hydrogen-bond acceptors (Lipinski definition) is 3. The van der Waals surface area contributed by atoms with Gasteiger partial charge in [-0.05, 0) is 31.0 Å². The minimum absolute atomic E-state index is 0.0575. The molecule has 5 nitrogen and oxygen atoms in total. The summed E-state index contributed by atoms with van der Waals surface area (Å²) in [7, 11) is 0. The van der Waals surface area contributed by atoms with E-state index >= 15 is 0 Å². The number of halogens is 1. The van der Waals surface area contributed by atoms with Crippen molar-refractivity contribution in [2.24, 2.45) is 5.92 Å². The molecule has 1 fully saturated rings. The molecule has 108 valence electrons. The van der Waals surface area contributed by atoms with Crippen LogP contribution in [0.2, 0.25) is 5.02 Å². The maximum absolute atomic E-state index is 12.0. The summed E-state index contributed by atoms with van der Waals surface area (Å²) < 4.78 is 5.38. The van der Waals surface area contributed by atoms with Gasteiger partial charge in [0.2, 0.25) is 0 Å². The number of aliphatic carboxylic acids is 1. The SMILES string of the molecule is O=C(O)C1CCN(C(=O)COc2cccc(Cl)c2)CC1. The smallest absolute Gasteiger partial charge is 0.306 e. The number of ether oxygens (including phenoxy) is 1. The van der Waals surface area contributed by atoms with E-state index < -0.39 is 5.97 Å². The first-order chi connectivity index (χ1) is 9.56. The third-order valence-electron chi connectivity index (χ3n) is 3.36. The number of piperidine rings is 1. The molecule has 2 rings (SSSR count). The third-order valence-corrected chi connectivity index (χ3v) is 3.59. The quantitative estimate of drug-likeness (QED) is 0.923. The van der Waals surface area contributed by atoms with Crippen molar-refractivity contribution in [3.8, 4) is 5.75 Å². The summed E-state index contributed by atoms with van der Waals surface area (Å²) in [4.78, 5) is 24.4. The lowest BCUT2D eigenvalue weighted by Gasteiger charge is -2.30. The summed E-state index contributed by atoms with van der Waals surface area (Å²) in [5, 5.41) is 9.45. The van der Waals surface area contributed by atoms with Crippen molar-refractivity contribution in [1.29, 1.82) is 0 Å². The molecule has 1 aliphatic heterocycles. The predicted molar refractivity (Wildman–Crippen MR) is 73.9 cm³/mol. The largest absolute Gasteiger partial charge is 0.484 e. The highest BCUT2D eigenvalue weighted by atomic mass is 35.5. The van der Waals surface area contributed by atoms with E-state index in [0.29, 0.717) is 36.7 Å². The Hall–Kier alpha value is -1.75. The number of hydrogen-bond donors (Lipinski definition) is 1. The molecule has 0 radical (unpaired) electrons. The fourth-order valence-electron chi connectivity index (χ4n) is 2.17. The van der Waals surface area contributed by atoms with E-state index in [9.17, 15) is 9.59 Å². The van der Waals surface area contributed by atoms with Crippen LogP contribution in [0.15, 0.2) is 24.3 Å². The molecule has 0 atom stereocenters. The summed E-state index contributed by atoms with van der Waals surface area (Å²) in [5.41, 5.74) is 0. The van der Waals surface area contributed by atoms with E-state index in [0.717, 1.165) is 0 Å². The number of benzene rings is 1. The molecule has 1 aromatic rings. The molecule has 1 N–H and O–H groups in total. The highest BCUT2D eigenvalue weighted by molar-refractivity contribution is 6.30. The second kappa shape index (κ2) is 6.61. The first kappa shape index (κ1) is 14.7. The number of rotatable bonds is 4. The first-order valence-corrected chi connectivity index (χ1v) is 6.83. The lowest BCUT2D eigenvalue weighted by Crippen LogP contribution is -2.42. The summed E-state index contributed by atoms with van der Waals surface area (Å²) in [6.45, 7) is 0.876. The minimum atomic E-state index is -0.785. The van der Waals surface area contributed by atoms with Crippen molar-refractivity contribution in [3.05, 3.63) is 29.3 Å². The Kier molecular flexibility index (Phi) is 4.84. The lowest BCUT2D eigenvalue weighted by molar-refractivity contribution is -0.146. The number of carbonyl (C=O) groups excluding carboxylic acids is 1. The number of amides is 1.